The second-order valence-corrected chi connectivity index (χ2v) is 10.3. The van der Waals surface area contributed by atoms with Gasteiger partial charge >= 0.3 is 0 Å². The molecule has 0 radical (unpaired) electrons. The van der Waals surface area contributed by atoms with Gasteiger partial charge in [0, 0.05) is 30.8 Å². The Morgan fingerprint density at radius 1 is 1.03 bits per heavy atom. The van der Waals surface area contributed by atoms with Crippen molar-refractivity contribution in [1.82, 2.24) is 10.2 Å². The highest BCUT2D eigenvalue weighted by Crippen LogP contribution is 2.36. The fourth-order valence-corrected chi connectivity index (χ4v) is 4.84. The van der Waals surface area contributed by atoms with Gasteiger partial charge in [-0.05, 0) is 55.5 Å². The van der Waals surface area contributed by atoms with E-state index in [4.69, 9.17) is 4.74 Å². The molecule has 1 saturated carbocycles. The molecule has 1 aliphatic carbocycles. The first kappa shape index (κ1) is 26.3. The molecule has 1 aliphatic heterocycles. The number of nitrogens with one attached hydrogen (secondary N) is 2. The predicted molar refractivity (Wildman–Crippen MR) is 140 cm³/mol. The molecular formula is C29H38FN3O3. The average molecular weight is 496 g/mol. The van der Waals surface area contributed by atoms with Gasteiger partial charge in [-0.1, -0.05) is 56.3 Å². The number of hydrogen-bond acceptors (Lipinski definition) is 4. The molecule has 3 atom stereocenters. The molecule has 3 unspecified atom stereocenters. The number of halogens is 1. The van der Waals surface area contributed by atoms with Crippen LogP contribution in [0.3, 0.4) is 0 Å². The molecule has 2 aromatic carbocycles. The molecular weight excluding hydrogens is 457 g/mol. The van der Waals surface area contributed by atoms with E-state index in [0.29, 0.717) is 18.2 Å². The van der Waals surface area contributed by atoms with Crippen molar-refractivity contribution in [3.63, 3.8) is 0 Å². The van der Waals surface area contributed by atoms with Crippen molar-refractivity contribution in [2.45, 2.75) is 51.2 Å². The minimum Gasteiger partial charge on any atom is -0.383 e. The van der Waals surface area contributed by atoms with Crippen molar-refractivity contribution in [2.24, 2.45) is 11.8 Å². The van der Waals surface area contributed by atoms with Gasteiger partial charge in [-0.2, -0.15) is 0 Å². The van der Waals surface area contributed by atoms with Crippen LogP contribution in [0.15, 0.2) is 48.5 Å². The van der Waals surface area contributed by atoms with Crippen LogP contribution in [-0.2, 0) is 14.3 Å². The van der Waals surface area contributed by atoms with E-state index in [1.807, 2.05) is 36.4 Å². The van der Waals surface area contributed by atoms with Crippen molar-refractivity contribution in [3.8, 4) is 0 Å². The summed E-state index contributed by atoms with van der Waals surface area (Å²) in [5.41, 5.74) is 3.57. The molecule has 0 spiro atoms. The largest absolute Gasteiger partial charge is 0.383 e. The fraction of sp³-hybridized carbons (Fsp3) is 0.517. The number of alkyl halides is 1. The number of anilines is 1. The zero-order chi connectivity index (χ0) is 25.7. The van der Waals surface area contributed by atoms with Gasteiger partial charge in [-0.25, -0.2) is 4.39 Å². The van der Waals surface area contributed by atoms with Gasteiger partial charge in [0.15, 0.2) is 0 Å². The number of likely N-dealkylation sites (tertiary alicyclic amines) is 1. The normalized spacial score (nSPS) is 21.2. The lowest BCUT2D eigenvalue weighted by Gasteiger charge is -2.31. The summed E-state index contributed by atoms with van der Waals surface area (Å²) < 4.78 is 18.8. The molecule has 36 heavy (non-hydrogen) atoms. The number of hydrogen-bond donors (Lipinski definition) is 2. The maximum atomic E-state index is 13.6. The highest BCUT2D eigenvalue weighted by molar-refractivity contribution is 5.93. The monoisotopic (exact) mass is 495 g/mol. The summed E-state index contributed by atoms with van der Waals surface area (Å²) in [4.78, 5) is 28.3. The quantitative estimate of drug-likeness (QED) is 0.503. The summed E-state index contributed by atoms with van der Waals surface area (Å²) in [6, 6.07) is 15.2. The zero-order valence-corrected chi connectivity index (χ0v) is 21.5. The molecule has 1 saturated heterocycles. The minimum atomic E-state index is -1.07. The molecule has 2 fully saturated rings. The number of para-hydroxylation sites is 1. The van der Waals surface area contributed by atoms with Crippen LogP contribution in [0.25, 0.3) is 0 Å². The molecule has 0 aromatic heterocycles. The molecule has 4 rings (SSSR count). The van der Waals surface area contributed by atoms with Crippen LogP contribution < -0.4 is 10.6 Å². The number of rotatable bonds is 10. The van der Waals surface area contributed by atoms with Crippen molar-refractivity contribution >= 4 is 17.5 Å². The molecule has 0 bridgehead atoms. The average Bonchev–Trinajstić information content (AvgIpc) is 3.63. The summed E-state index contributed by atoms with van der Waals surface area (Å²) in [5, 5.41) is 6.20. The van der Waals surface area contributed by atoms with Gasteiger partial charge in [-0.3, -0.25) is 9.59 Å². The first-order valence-electron chi connectivity index (χ1n) is 13.0. The molecule has 2 aliphatic rings. The second-order valence-electron chi connectivity index (χ2n) is 10.3. The van der Waals surface area contributed by atoms with Crippen molar-refractivity contribution in [2.75, 3.05) is 38.7 Å². The number of benzene rings is 2. The molecule has 194 valence electrons. The smallest absolute Gasteiger partial charge is 0.227 e. The van der Waals surface area contributed by atoms with E-state index in [-0.39, 0.29) is 24.2 Å². The van der Waals surface area contributed by atoms with Crippen LogP contribution in [0.4, 0.5) is 10.1 Å². The number of ether oxygens (including phenoxy) is 1. The number of carbonyl (C=O) groups excluding carboxylic acids is 2. The van der Waals surface area contributed by atoms with Crippen LogP contribution >= 0.6 is 0 Å². The molecule has 1 heterocycles. The second kappa shape index (κ2) is 12.0. The third kappa shape index (κ3) is 6.51. The van der Waals surface area contributed by atoms with Gasteiger partial charge < -0.3 is 20.3 Å². The number of amides is 2. The van der Waals surface area contributed by atoms with Gasteiger partial charge in [0.25, 0.3) is 0 Å². The maximum Gasteiger partial charge on any atom is 0.227 e. The molecule has 7 heteroatoms. The highest BCUT2D eigenvalue weighted by Gasteiger charge is 2.44. The first-order chi connectivity index (χ1) is 17.4. The lowest BCUT2D eigenvalue weighted by Crippen LogP contribution is -2.39. The van der Waals surface area contributed by atoms with Crippen LogP contribution in [0.1, 0.15) is 61.8 Å². The Labute approximate surface area is 213 Å². The Kier molecular flexibility index (Phi) is 8.75. The van der Waals surface area contributed by atoms with E-state index < -0.39 is 18.1 Å². The van der Waals surface area contributed by atoms with Crippen LogP contribution in [-0.4, -0.2) is 56.2 Å². The SMILES string of the molecule is COCCN1CCC(C(=O)Nc2ccccc2C(NC(=O)C2CC2F)c2ccc(C(C)C)cc2)CC1. The van der Waals surface area contributed by atoms with E-state index in [9.17, 15) is 14.0 Å². The Morgan fingerprint density at radius 2 is 1.67 bits per heavy atom. The summed E-state index contributed by atoms with van der Waals surface area (Å²) in [5.74, 6) is -0.551. The van der Waals surface area contributed by atoms with E-state index >= 15 is 0 Å². The number of carbonyl (C=O) groups is 2. The van der Waals surface area contributed by atoms with Gasteiger partial charge in [0.05, 0.1) is 18.6 Å². The minimum absolute atomic E-state index is 0.0000823. The topological polar surface area (TPSA) is 70.7 Å². The lowest BCUT2D eigenvalue weighted by atomic mass is 9.93. The number of piperidine rings is 1. The van der Waals surface area contributed by atoms with Crippen LogP contribution in [0, 0.1) is 11.8 Å². The highest BCUT2D eigenvalue weighted by atomic mass is 19.1. The van der Waals surface area contributed by atoms with E-state index in [2.05, 4.69) is 41.5 Å². The Morgan fingerprint density at radius 3 is 2.28 bits per heavy atom. The van der Waals surface area contributed by atoms with Crippen molar-refractivity contribution < 1.29 is 18.7 Å². The first-order valence-corrected chi connectivity index (χ1v) is 13.0. The summed E-state index contributed by atoms with van der Waals surface area (Å²) in [6.45, 7) is 7.59. The van der Waals surface area contributed by atoms with Gasteiger partial charge in [0.1, 0.15) is 6.17 Å². The molecule has 2 aromatic rings. The summed E-state index contributed by atoms with van der Waals surface area (Å²) >= 11 is 0. The van der Waals surface area contributed by atoms with Crippen LogP contribution in [0.5, 0.6) is 0 Å². The molecule has 6 nitrogen and oxygen atoms in total. The Bertz CT molecular complexity index is 1030. The van der Waals surface area contributed by atoms with E-state index in [1.165, 1.54) is 5.56 Å². The number of nitrogens with zero attached hydrogens (tertiary/aromatic N) is 1. The van der Waals surface area contributed by atoms with E-state index in [0.717, 1.165) is 43.6 Å². The summed E-state index contributed by atoms with van der Waals surface area (Å²) in [7, 11) is 1.70. The Hall–Kier alpha value is -2.77. The maximum absolute atomic E-state index is 13.6. The third-order valence-corrected chi connectivity index (χ3v) is 7.37. The number of methoxy groups -OCH3 is 1. The lowest BCUT2D eigenvalue weighted by molar-refractivity contribution is -0.123. The van der Waals surface area contributed by atoms with Gasteiger partial charge in [-0.15, -0.1) is 0 Å². The predicted octanol–water partition coefficient (Wildman–Crippen LogP) is 4.67. The van der Waals surface area contributed by atoms with E-state index in [1.54, 1.807) is 7.11 Å². The Balaban J connectivity index is 1.52. The van der Waals surface area contributed by atoms with Crippen molar-refractivity contribution in [1.29, 1.82) is 0 Å². The zero-order valence-electron chi connectivity index (χ0n) is 21.5. The standard InChI is InChI=1S/C29H38FN3O3/c1-19(2)20-8-10-21(11-9-20)27(32-29(35)24-18-25(24)30)23-6-4-5-7-26(23)31-28(34)22-12-14-33(15-13-22)16-17-36-3/h4-11,19,22,24-25,27H,12-18H2,1-3H3,(H,31,34)(H,32,35). The molecule has 2 amide bonds. The van der Waals surface area contributed by atoms with Crippen molar-refractivity contribution in [3.05, 3.63) is 65.2 Å². The van der Waals surface area contributed by atoms with Gasteiger partial charge in [0.2, 0.25) is 11.8 Å². The third-order valence-electron chi connectivity index (χ3n) is 7.37. The summed E-state index contributed by atoms with van der Waals surface area (Å²) in [6.07, 6.45) is 0.799. The molecule has 2 N–H and O–H groups in total. The fourth-order valence-electron chi connectivity index (χ4n) is 4.84. The van der Waals surface area contributed by atoms with Crippen LogP contribution in [0.2, 0.25) is 0 Å².